The molecule has 0 saturated heterocycles. The standard InChI is InChI=1S/C10H12BrNO.ClH/c11-7-3-4-8(9(13)5-7)10(12)6-1-2-6;/h3-6,10,13H,1-2,12H2;1H/t10-;/m0./s1. The van der Waals surface area contributed by atoms with Crippen LogP contribution in [0.1, 0.15) is 24.4 Å². The first kappa shape index (κ1) is 11.8. The molecule has 1 aliphatic carbocycles. The SMILES string of the molecule is Cl.N[C@H](c1ccc(Br)cc1O)C1CC1. The molecule has 1 aromatic carbocycles. The van der Waals surface area contributed by atoms with Gasteiger partial charge >= 0.3 is 0 Å². The molecular formula is C10H13BrClNO. The van der Waals surface area contributed by atoms with Crippen molar-refractivity contribution >= 4 is 28.3 Å². The maximum absolute atomic E-state index is 9.63. The van der Waals surface area contributed by atoms with Crippen LogP contribution in [0.2, 0.25) is 0 Å². The Balaban J connectivity index is 0.000000980. The molecule has 1 fully saturated rings. The quantitative estimate of drug-likeness (QED) is 0.873. The molecule has 4 heteroatoms. The van der Waals surface area contributed by atoms with Crippen molar-refractivity contribution in [3.8, 4) is 5.75 Å². The lowest BCUT2D eigenvalue weighted by molar-refractivity contribution is 0.456. The first-order chi connectivity index (χ1) is 6.18. The van der Waals surface area contributed by atoms with E-state index in [4.69, 9.17) is 5.73 Å². The van der Waals surface area contributed by atoms with Gasteiger partial charge in [-0.05, 0) is 30.9 Å². The smallest absolute Gasteiger partial charge is 0.121 e. The number of nitrogens with two attached hydrogens (primary N) is 1. The summed E-state index contributed by atoms with van der Waals surface area (Å²) in [5.41, 5.74) is 6.84. The maximum Gasteiger partial charge on any atom is 0.121 e. The van der Waals surface area contributed by atoms with Crippen molar-refractivity contribution < 1.29 is 5.11 Å². The summed E-state index contributed by atoms with van der Waals surface area (Å²) in [4.78, 5) is 0. The zero-order chi connectivity index (χ0) is 9.42. The molecule has 3 N–H and O–H groups in total. The molecule has 2 nitrogen and oxygen atoms in total. The molecule has 14 heavy (non-hydrogen) atoms. The number of hydrogen-bond acceptors (Lipinski definition) is 2. The molecule has 1 aromatic rings. The summed E-state index contributed by atoms with van der Waals surface area (Å²) in [5, 5.41) is 9.63. The number of phenols is 1. The molecule has 78 valence electrons. The minimum absolute atomic E-state index is 0. The molecule has 0 unspecified atom stereocenters. The van der Waals surface area contributed by atoms with Gasteiger partial charge in [0.05, 0.1) is 0 Å². The Labute approximate surface area is 98.0 Å². The largest absolute Gasteiger partial charge is 0.508 e. The van der Waals surface area contributed by atoms with E-state index in [9.17, 15) is 5.11 Å². The van der Waals surface area contributed by atoms with Crippen LogP contribution < -0.4 is 5.73 Å². The van der Waals surface area contributed by atoms with Crippen LogP contribution in [-0.2, 0) is 0 Å². The zero-order valence-electron chi connectivity index (χ0n) is 7.61. The average molecular weight is 279 g/mol. The second-order valence-electron chi connectivity index (χ2n) is 3.57. The molecule has 1 aliphatic rings. The lowest BCUT2D eigenvalue weighted by Gasteiger charge is -2.12. The average Bonchev–Trinajstić information content (AvgIpc) is 2.85. The van der Waals surface area contributed by atoms with Gasteiger partial charge in [0.15, 0.2) is 0 Å². The number of rotatable bonds is 2. The molecule has 0 heterocycles. The summed E-state index contributed by atoms with van der Waals surface area (Å²) in [6.07, 6.45) is 2.38. The molecule has 0 aliphatic heterocycles. The number of hydrogen-bond donors (Lipinski definition) is 2. The summed E-state index contributed by atoms with van der Waals surface area (Å²) in [6, 6.07) is 5.50. The normalized spacial score (nSPS) is 17.3. The molecule has 1 saturated carbocycles. The second kappa shape index (κ2) is 4.51. The highest BCUT2D eigenvalue weighted by Crippen LogP contribution is 2.42. The third-order valence-corrected chi connectivity index (χ3v) is 2.97. The Morgan fingerprint density at radius 2 is 2.07 bits per heavy atom. The molecule has 0 aromatic heterocycles. The van der Waals surface area contributed by atoms with Crippen LogP contribution in [-0.4, -0.2) is 5.11 Å². The van der Waals surface area contributed by atoms with Crippen molar-refractivity contribution in [1.29, 1.82) is 0 Å². The van der Waals surface area contributed by atoms with Gasteiger partial charge in [-0.15, -0.1) is 12.4 Å². The van der Waals surface area contributed by atoms with Crippen molar-refractivity contribution in [1.82, 2.24) is 0 Å². The van der Waals surface area contributed by atoms with E-state index in [2.05, 4.69) is 15.9 Å². The van der Waals surface area contributed by atoms with Crippen LogP contribution >= 0.6 is 28.3 Å². The van der Waals surface area contributed by atoms with Crippen LogP contribution in [0.15, 0.2) is 22.7 Å². The van der Waals surface area contributed by atoms with Crippen LogP contribution in [0.25, 0.3) is 0 Å². The molecule has 0 radical (unpaired) electrons. The van der Waals surface area contributed by atoms with Gasteiger partial charge in [0, 0.05) is 16.1 Å². The van der Waals surface area contributed by atoms with Gasteiger partial charge in [-0.2, -0.15) is 0 Å². The number of halogens is 2. The van der Waals surface area contributed by atoms with Gasteiger partial charge in [-0.3, -0.25) is 0 Å². The van der Waals surface area contributed by atoms with Crippen LogP contribution in [0.4, 0.5) is 0 Å². The third kappa shape index (κ3) is 2.41. The van der Waals surface area contributed by atoms with Gasteiger partial charge in [-0.25, -0.2) is 0 Å². The van der Waals surface area contributed by atoms with Crippen molar-refractivity contribution in [3.05, 3.63) is 28.2 Å². The van der Waals surface area contributed by atoms with E-state index < -0.39 is 0 Å². The molecule has 0 spiro atoms. The molecular weight excluding hydrogens is 265 g/mol. The molecule has 0 amide bonds. The van der Waals surface area contributed by atoms with E-state index in [0.717, 1.165) is 10.0 Å². The van der Waals surface area contributed by atoms with Gasteiger partial charge in [-0.1, -0.05) is 22.0 Å². The molecule has 0 bridgehead atoms. The second-order valence-corrected chi connectivity index (χ2v) is 4.48. The lowest BCUT2D eigenvalue weighted by atomic mass is 10.0. The third-order valence-electron chi connectivity index (χ3n) is 2.48. The highest BCUT2D eigenvalue weighted by molar-refractivity contribution is 9.10. The van der Waals surface area contributed by atoms with Crippen molar-refractivity contribution in [2.75, 3.05) is 0 Å². The monoisotopic (exact) mass is 277 g/mol. The van der Waals surface area contributed by atoms with E-state index in [0.29, 0.717) is 11.7 Å². The van der Waals surface area contributed by atoms with E-state index in [1.54, 1.807) is 6.07 Å². The zero-order valence-corrected chi connectivity index (χ0v) is 10.0. The summed E-state index contributed by atoms with van der Waals surface area (Å²) in [6.45, 7) is 0. The number of benzene rings is 1. The highest BCUT2D eigenvalue weighted by Gasteiger charge is 2.30. The van der Waals surface area contributed by atoms with Gasteiger partial charge < -0.3 is 10.8 Å². The van der Waals surface area contributed by atoms with Gasteiger partial charge in [0.25, 0.3) is 0 Å². The molecule has 2 rings (SSSR count). The highest BCUT2D eigenvalue weighted by atomic mass is 79.9. The Hall–Kier alpha value is -0.250. The first-order valence-electron chi connectivity index (χ1n) is 4.42. The summed E-state index contributed by atoms with van der Waals surface area (Å²) < 4.78 is 0.886. The lowest BCUT2D eigenvalue weighted by Crippen LogP contribution is -2.12. The summed E-state index contributed by atoms with van der Waals surface area (Å²) in [5.74, 6) is 0.876. The molecule has 1 atom stereocenters. The van der Waals surface area contributed by atoms with E-state index in [-0.39, 0.29) is 18.4 Å². The summed E-state index contributed by atoms with van der Waals surface area (Å²) in [7, 11) is 0. The fraction of sp³-hybridized carbons (Fsp3) is 0.400. The Morgan fingerprint density at radius 1 is 1.43 bits per heavy atom. The summed E-state index contributed by atoms with van der Waals surface area (Å²) >= 11 is 3.30. The van der Waals surface area contributed by atoms with Gasteiger partial charge in [0.2, 0.25) is 0 Å². The fourth-order valence-corrected chi connectivity index (χ4v) is 1.86. The van der Waals surface area contributed by atoms with Crippen molar-refractivity contribution in [2.45, 2.75) is 18.9 Å². The predicted octanol–water partition coefficient (Wildman–Crippen LogP) is 2.99. The van der Waals surface area contributed by atoms with E-state index in [1.807, 2.05) is 12.1 Å². The van der Waals surface area contributed by atoms with Crippen LogP contribution in [0.3, 0.4) is 0 Å². The van der Waals surface area contributed by atoms with Gasteiger partial charge in [0.1, 0.15) is 5.75 Å². The predicted molar refractivity (Wildman–Crippen MR) is 62.7 cm³/mol. The Kier molecular flexibility index (Phi) is 3.81. The first-order valence-corrected chi connectivity index (χ1v) is 5.22. The van der Waals surface area contributed by atoms with Crippen molar-refractivity contribution in [2.24, 2.45) is 11.7 Å². The van der Waals surface area contributed by atoms with Crippen molar-refractivity contribution in [3.63, 3.8) is 0 Å². The topological polar surface area (TPSA) is 46.2 Å². The Bertz CT molecular complexity index is 328. The van der Waals surface area contributed by atoms with E-state index >= 15 is 0 Å². The van der Waals surface area contributed by atoms with E-state index in [1.165, 1.54) is 12.8 Å². The fourth-order valence-electron chi connectivity index (χ4n) is 1.51. The number of phenolic OH excluding ortho intramolecular Hbond substituents is 1. The maximum atomic E-state index is 9.63. The minimum Gasteiger partial charge on any atom is -0.508 e. The van der Waals surface area contributed by atoms with Crippen LogP contribution in [0, 0.1) is 5.92 Å². The minimum atomic E-state index is 0. The Morgan fingerprint density at radius 3 is 2.57 bits per heavy atom. The number of aromatic hydroxyl groups is 1. The van der Waals surface area contributed by atoms with Crippen LogP contribution in [0.5, 0.6) is 5.75 Å².